The highest BCUT2D eigenvalue weighted by molar-refractivity contribution is 5.78. The summed E-state index contributed by atoms with van der Waals surface area (Å²) in [7, 11) is 0. The summed E-state index contributed by atoms with van der Waals surface area (Å²) in [5.74, 6) is 0.00564. The Kier molecular flexibility index (Phi) is 4.50. The summed E-state index contributed by atoms with van der Waals surface area (Å²) in [5.41, 5.74) is 0.441. The zero-order valence-corrected chi connectivity index (χ0v) is 12.7. The first-order valence-electron chi connectivity index (χ1n) is 7.19. The number of carbonyl (C=O) groups excluding carboxylic acids is 2. The molecular weight excluding hydrogens is 268 g/mol. The summed E-state index contributed by atoms with van der Waals surface area (Å²) in [4.78, 5) is 23.6. The van der Waals surface area contributed by atoms with E-state index in [1.165, 1.54) is 0 Å². The molecule has 1 aliphatic rings. The molecule has 5 nitrogen and oxygen atoms in total. The predicted octanol–water partition coefficient (Wildman–Crippen LogP) is 2.53. The van der Waals surface area contributed by atoms with Crippen LogP contribution >= 0.6 is 0 Å². The Morgan fingerprint density at radius 2 is 1.95 bits per heavy atom. The minimum Gasteiger partial charge on any atom is -0.444 e. The monoisotopic (exact) mass is 290 g/mol. The Labute approximate surface area is 125 Å². The smallest absolute Gasteiger partial charge is 0.407 e. The Morgan fingerprint density at radius 1 is 1.29 bits per heavy atom. The van der Waals surface area contributed by atoms with Crippen molar-refractivity contribution in [3.8, 4) is 0 Å². The summed E-state index contributed by atoms with van der Waals surface area (Å²) < 4.78 is 5.29. The fraction of sp³-hybridized carbons (Fsp3) is 0.500. The van der Waals surface area contributed by atoms with Crippen molar-refractivity contribution in [2.45, 2.75) is 51.3 Å². The number of amides is 2. The standard InChI is InChI=1S/C16H22N2O3/c1-16(2,3)21-15(20)17-12-9-10-13(19)18-14(12)11-7-5-4-6-8-11/h4-8,12,14H,9-10H2,1-3H3,(H,17,20)(H,18,19). The van der Waals surface area contributed by atoms with Crippen LogP contribution in [0, 0.1) is 0 Å². The number of carbonyl (C=O) groups is 2. The molecule has 2 atom stereocenters. The van der Waals surface area contributed by atoms with Gasteiger partial charge in [0.2, 0.25) is 5.91 Å². The fourth-order valence-electron chi connectivity index (χ4n) is 2.39. The molecule has 1 aromatic rings. The summed E-state index contributed by atoms with van der Waals surface area (Å²) in [6, 6.07) is 9.26. The van der Waals surface area contributed by atoms with Crippen LogP contribution in [0.5, 0.6) is 0 Å². The van der Waals surface area contributed by atoms with Crippen LogP contribution in [0.15, 0.2) is 30.3 Å². The topological polar surface area (TPSA) is 67.4 Å². The minimum absolute atomic E-state index is 0.00564. The van der Waals surface area contributed by atoms with E-state index in [2.05, 4.69) is 10.6 Å². The molecule has 0 spiro atoms. The number of benzene rings is 1. The van der Waals surface area contributed by atoms with E-state index >= 15 is 0 Å². The van der Waals surface area contributed by atoms with Gasteiger partial charge in [0, 0.05) is 6.42 Å². The quantitative estimate of drug-likeness (QED) is 0.879. The summed E-state index contributed by atoms with van der Waals surface area (Å²) in [5, 5.41) is 5.81. The molecule has 21 heavy (non-hydrogen) atoms. The second-order valence-corrected chi connectivity index (χ2v) is 6.25. The average molecular weight is 290 g/mol. The largest absolute Gasteiger partial charge is 0.444 e. The highest BCUT2D eigenvalue weighted by Gasteiger charge is 2.32. The first-order chi connectivity index (χ1) is 9.85. The van der Waals surface area contributed by atoms with Gasteiger partial charge in [-0.2, -0.15) is 0 Å². The van der Waals surface area contributed by atoms with E-state index < -0.39 is 11.7 Å². The molecule has 2 N–H and O–H groups in total. The molecule has 5 heteroatoms. The SMILES string of the molecule is CC(C)(C)OC(=O)NC1CCC(=O)NC1c1ccccc1. The van der Waals surface area contributed by atoms with Crippen LogP contribution in [0.1, 0.15) is 45.2 Å². The van der Waals surface area contributed by atoms with Crippen molar-refractivity contribution in [1.29, 1.82) is 0 Å². The normalized spacial score (nSPS) is 22.3. The zero-order valence-electron chi connectivity index (χ0n) is 12.7. The molecule has 1 fully saturated rings. The molecule has 0 radical (unpaired) electrons. The number of alkyl carbamates (subject to hydrolysis) is 1. The Bertz CT molecular complexity index is 508. The Morgan fingerprint density at radius 3 is 2.57 bits per heavy atom. The number of piperidine rings is 1. The van der Waals surface area contributed by atoms with Crippen LogP contribution < -0.4 is 10.6 Å². The zero-order chi connectivity index (χ0) is 15.5. The van der Waals surface area contributed by atoms with Gasteiger partial charge in [0.25, 0.3) is 0 Å². The van der Waals surface area contributed by atoms with Gasteiger partial charge in [-0.1, -0.05) is 30.3 Å². The van der Waals surface area contributed by atoms with Crippen molar-refractivity contribution in [3.63, 3.8) is 0 Å². The molecule has 1 saturated heterocycles. The van der Waals surface area contributed by atoms with E-state index in [0.717, 1.165) is 5.56 Å². The fourth-order valence-corrected chi connectivity index (χ4v) is 2.39. The maximum atomic E-state index is 11.9. The predicted molar refractivity (Wildman–Crippen MR) is 79.7 cm³/mol. The van der Waals surface area contributed by atoms with Crippen LogP contribution in [-0.4, -0.2) is 23.6 Å². The lowest BCUT2D eigenvalue weighted by Crippen LogP contribution is -2.51. The second kappa shape index (κ2) is 6.16. The lowest BCUT2D eigenvalue weighted by Gasteiger charge is -2.33. The molecule has 1 aromatic carbocycles. The molecule has 2 amide bonds. The van der Waals surface area contributed by atoms with Crippen LogP contribution in [0.3, 0.4) is 0 Å². The van der Waals surface area contributed by atoms with E-state index in [-0.39, 0.29) is 18.0 Å². The highest BCUT2D eigenvalue weighted by Crippen LogP contribution is 2.24. The van der Waals surface area contributed by atoms with E-state index in [9.17, 15) is 9.59 Å². The molecule has 2 rings (SSSR count). The molecule has 0 aliphatic carbocycles. The highest BCUT2D eigenvalue weighted by atomic mass is 16.6. The van der Waals surface area contributed by atoms with Crippen molar-refractivity contribution in [1.82, 2.24) is 10.6 Å². The van der Waals surface area contributed by atoms with Crippen LogP contribution in [0.4, 0.5) is 4.79 Å². The third kappa shape index (κ3) is 4.48. The van der Waals surface area contributed by atoms with Gasteiger partial charge in [0.05, 0.1) is 12.1 Å². The van der Waals surface area contributed by atoms with Gasteiger partial charge in [-0.15, -0.1) is 0 Å². The van der Waals surface area contributed by atoms with Gasteiger partial charge in [0.15, 0.2) is 0 Å². The third-order valence-electron chi connectivity index (χ3n) is 3.26. The number of nitrogens with one attached hydrogen (secondary N) is 2. The lowest BCUT2D eigenvalue weighted by atomic mass is 9.92. The molecule has 1 heterocycles. The van der Waals surface area contributed by atoms with Crippen LogP contribution in [0.2, 0.25) is 0 Å². The van der Waals surface area contributed by atoms with Gasteiger partial charge < -0.3 is 15.4 Å². The summed E-state index contributed by atoms with van der Waals surface area (Å²) in [6.07, 6.45) is 0.554. The maximum absolute atomic E-state index is 11.9. The molecule has 114 valence electrons. The van der Waals surface area contributed by atoms with Crippen LogP contribution in [0.25, 0.3) is 0 Å². The number of hydrogen-bond acceptors (Lipinski definition) is 3. The number of ether oxygens (including phenoxy) is 1. The Balaban J connectivity index is 2.09. The molecular formula is C16H22N2O3. The summed E-state index contributed by atoms with van der Waals surface area (Å²) in [6.45, 7) is 5.47. The lowest BCUT2D eigenvalue weighted by molar-refractivity contribution is -0.123. The Hall–Kier alpha value is -2.04. The van der Waals surface area contributed by atoms with Crippen molar-refractivity contribution >= 4 is 12.0 Å². The molecule has 0 bridgehead atoms. The molecule has 0 aromatic heterocycles. The number of rotatable bonds is 2. The van der Waals surface area contributed by atoms with Crippen molar-refractivity contribution in [2.24, 2.45) is 0 Å². The minimum atomic E-state index is -0.537. The van der Waals surface area contributed by atoms with Gasteiger partial charge in [-0.25, -0.2) is 4.79 Å². The van der Waals surface area contributed by atoms with Gasteiger partial charge in [0.1, 0.15) is 5.60 Å². The average Bonchev–Trinajstić information content (AvgIpc) is 2.40. The van der Waals surface area contributed by atoms with Gasteiger partial charge >= 0.3 is 6.09 Å². The van der Waals surface area contributed by atoms with E-state index in [4.69, 9.17) is 4.74 Å². The van der Waals surface area contributed by atoms with E-state index in [0.29, 0.717) is 12.8 Å². The molecule has 0 saturated carbocycles. The van der Waals surface area contributed by atoms with E-state index in [1.807, 2.05) is 51.1 Å². The van der Waals surface area contributed by atoms with Crippen LogP contribution in [-0.2, 0) is 9.53 Å². The first kappa shape index (κ1) is 15.4. The maximum Gasteiger partial charge on any atom is 0.407 e. The van der Waals surface area contributed by atoms with Gasteiger partial charge in [-0.05, 0) is 32.8 Å². The van der Waals surface area contributed by atoms with Crippen molar-refractivity contribution < 1.29 is 14.3 Å². The second-order valence-electron chi connectivity index (χ2n) is 6.25. The summed E-state index contributed by atoms with van der Waals surface area (Å²) >= 11 is 0. The first-order valence-corrected chi connectivity index (χ1v) is 7.19. The van der Waals surface area contributed by atoms with Crippen molar-refractivity contribution in [3.05, 3.63) is 35.9 Å². The third-order valence-corrected chi connectivity index (χ3v) is 3.26. The molecule has 2 unspecified atom stereocenters. The van der Waals surface area contributed by atoms with E-state index in [1.54, 1.807) is 0 Å². The van der Waals surface area contributed by atoms with Gasteiger partial charge in [-0.3, -0.25) is 4.79 Å². The number of hydrogen-bond donors (Lipinski definition) is 2. The molecule has 1 aliphatic heterocycles. The van der Waals surface area contributed by atoms with Crippen molar-refractivity contribution in [2.75, 3.05) is 0 Å².